The third-order valence-corrected chi connectivity index (χ3v) is 4.12. The first-order valence-electron chi connectivity index (χ1n) is 8.46. The highest BCUT2D eigenvalue weighted by atomic mass is 16.6. The normalized spacial score (nSPS) is 18.8. The first-order valence-corrected chi connectivity index (χ1v) is 8.46. The standard InChI is InChI=1S/C17H25N5O2/c1-12-8-14(22-15(20-12)18-11-19-22)9-13-6-5-7-21(10-13)16(23)24-17(2,3)4/h8,11,13H,5-7,9-10H2,1-4H3. The van der Waals surface area contributed by atoms with Gasteiger partial charge in [-0.2, -0.15) is 10.1 Å². The van der Waals surface area contributed by atoms with E-state index in [1.165, 1.54) is 6.33 Å². The summed E-state index contributed by atoms with van der Waals surface area (Å²) in [6, 6.07) is 2.05. The van der Waals surface area contributed by atoms with E-state index in [0.29, 0.717) is 18.2 Å². The summed E-state index contributed by atoms with van der Waals surface area (Å²) < 4.78 is 7.29. The van der Waals surface area contributed by atoms with Crippen molar-refractivity contribution < 1.29 is 9.53 Å². The molecule has 1 atom stereocenters. The molecule has 2 aromatic heterocycles. The Hall–Kier alpha value is -2.18. The van der Waals surface area contributed by atoms with Crippen molar-refractivity contribution in [3.8, 4) is 0 Å². The molecule has 0 saturated carbocycles. The van der Waals surface area contributed by atoms with Crippen LogP contribution >= 0.6 is 0 Å². The lowest BCUT2D eigenvalue weighted by molar-refractivity contribution is 0.0165. The molecule has 1 aliphatic heterocycles. The largest absolute Gasteiger partial charge is 0.444 e. The van der Waals surface area contributed by atoms with Crippen LogP contribution in [-0.4, -0.2) is 49.3 Å². The minimum absolute atomic E-state index is 0.219. The van der Waals surface area contributed by atoms with E-state index in [1.807, 2.05) is 38.7 Å². The molecule has 3 rings (SSSR count). The van der Waals surface area contributed by atoms with Crippen LogP contribution in [0.2, 0.25) is 0 Å². The van der Waals surface area contributed by atoms with Gasteiger partial charge in [0.05, 0.1) is 0 Å². The lowest BCUT2D eigenvalue weighted by atomic mass is 9.93. The summed E-state index contributed by atoms with van der Waals surface area (Å²) in [6.07, 6.45) is 4.25. The first kappa shape index (κ1) is 16.7. The Morgan fingerprint density at radius 2 is 2.21 bits per heavy atom. The van der Waals surface area contributed by atoms with Crippen molar-refractivity contribution in [2.45, 2.75) is 52.6 Å². The predicted molar refractivity (Wildman–Crippen MR) is 89.8 cm³/mol. The number of carbonyl (C=O) groups is 1. The molecule has 2 aromatic rings. The van der Waals surface area contributed by atoms with E-state index >= 15 is 0 Å². The van der Waals surface area contributed by atoms with Crippen LogP contribution in [0.4, 0.5) is 4.79 Å². The summed E-state index contributed by atoms with van der Waals surface area (Å²) in [6.45, 7) is 9.13. The fourth-order valence-electron chi connectivity index (χ4n) is 3.17. The molecular formula is C17H25N5O2. The number of piperidine rings is 1. The first-order chi connectivity index (χ1) is 11.3. The van der Waals surface area contributed by atoms with Crippen LogP contribution in [0.15, 0.2) is 12.4 Å². The molecule has 0 N–H and O–H groups in total. The van der Waals surface area contributed by atoms with Crippen molar-refractivity contribution in [1.82, 2.24) is 24.5 Å². The van der Waals surface area contributed by atoms with Gasteiger partial charge in [0.15, 0.2) is 0 Å². The van der Waals surface area contributed by atoms with Gasteiger partial charge in [0, 0.05) is 24.5 Å². The quantitative estimate of drug-likeness (QED) is 0.846. The maximum atomic E-state index is 12.3. The number of aromatic nitrogens is 4. The Morgan fingerprint density at radius 3 is 2.96 bits per heavy atom. The second-order valence-corrected chi connectivity index (χ2v) is 7.50. The number of fused-ring (bicyclic) bond motifs is 1. The van der Waals surface area contributed by atoms with E-state index in [1.54, 1.807) is 4.52 Å². The van der Waals surface area contributed by atoms with Gasteiger partial charge in [-0.1, -0.05) is 0 Å². The molecule has 0 bridgehead atoms. The van der Waals surface area contributed by atoms with Crippen molar-refractivity contribution >= 4 is 11.9 Å². The molecule has 1 fully saturated rings. The van der Waals surface area contributed by atoms with E-state index in [9.17, 15) is 4.79 Å². The zero-order valence-electron chi connectivity index (χ0n) is 14.8. The maximum absolute atomic E-state index is 12.3. The highest BCUT2D eigenvalue weighted by Gasteiger charge is 2.28. The van der Waals surface area contributed by atoms with Crippen molar-refractivity contribution in [2.75, 3.05) is 13.1 Å². The molecule has 1 amide bonds. The molecule has 1 aliphatic rings. The zero-order valence-corrected chi connectivity index (χ0v) is 14.8. The van der Waals surface area contributed by atoms with E-state index < -0.39 is 5.60 Å². The summed E-state index contributed by atoms with van der Waals surface area (Å²) in [5.74, 6) is 1.02. The van der Waals surface area contributed by atoms with E-state index in [4.69, 9.17) is 4.74 Å². The Balaban J connectivity index is 1.71. The molecule has 0 radical (unpaired) electrons. The summed E-state index contributed by atoms with van der Waals surface area (Å²) >= 11 is 0. The minimum Gasteiger partial charge on any atom is -0.444 e. The second-order valence-electron chi connectivity index (χ2n) is 7.50. The summed E-state index contributed by atoms with van der Waals surface area (Å²) in [7, 11) is 0. The molecule has 1 unspecified atom stereocenters. The van der Waals surface area contributed by atoms with Gasteiger partial charge in [0.2, 0.25) is 0 Å². The lowest BCUT2D eigenvalue weighted by Crippen LogP contribution is -2.43. The third-order valence-electron chi connectivity index (χ3n) is 4.12. The number of likely N-dealkylation sites (tertiary alicyclic amines) is 1. The summed E-state index contributed by atoms with van der Waals surface area (Å²) in [4.78, 5) is 22.7. The van der Waals surface area contributed by atoms with Gasteiger partial charge in [-0.25, -0.2) is 14.3 Å². The molecule has 3 heterocycles. The smallest absolute Gasteiger partial charge is 0.410 e. The van der Waals surface area contributed by atoms with Gasteiger partial charge < -0.3 is 9.64 Å². The average molecular weight is 331 g/mol. The Morgan fingerprint density at radius 1 is 1.42 bits per heavy atom. The minimum atomic E-state index is -0.459. The number of amides is 1. The van der Waals surface area contributed by atoms with Gasteiger partial charge in [-0.3, -0.25) is 0 Å². The highest BCUT2D eigenvalue weighted by Crippen LogP contribution is 2.23. The van der Waals surface area contributed by atoms with Crippen molar-refractivity contribution in [3.63, 3.8) is 0 Å². The van der Waals surface area contributed by atoms with E-state index in [-0.39, 0.29) is 6.09 Å². The molecule has 1 saturated heterocycles. The van der Waals surface area contributed by atoms with Crippen LogP contribution in [0.1, 0.15) is 45.0 Å². The van der Waals surface area contributed by atoms with Crippen LogP contribution in [0.25, 0.3) is 5.78 Å². The van der Waals surface area contributed by atoms with Crippen LogP contribution in [0, 0.1) is 12.8 Å². The van der Waals surface area contributed by atoms with Crippen LogP contribution in [-0.2, 0) is 11.2 Å². The van der Waals surface area contributed by atoms with E-state index in [0.717, 1.165) is 37.2 Å². The Labute approximate surface area is 142 Å². The molecule has 7 heteroatoms. The monoisotopic (exact) mass is 331 g/mol. The van der Waals surface area contributed by atoms with Gasteiger partial charge in [0.25, 0.3) is 5.78 Å². The number of rotatable bonds is 2. The maximum Gasteiger partial charge on any atom is 0.410 e. The molecule has 0 aliphatic carbocycles. The predicted octanol–water partition coefficient (Wildman–Crippen LogP) is 2.62. The molecule has 130 valence electrons. The number of hydrogen-bond donors (Lipinski definition) is 0. The number of hydrogen-bond acceptors (Lipinski definition) is 5. The van der Waals surface area contributed by atoms with Gasteiger partial charge in [0.1, 0.15) is 11.9 Å². The van der Waals surface area contributed by atoms with Crippen LogP contribution in [0.3, 0.4) is 0 Å². The van der Waals surface area contributed by atoms with Crippen molar-refractivity contribution in [1.29, 1.82) is 0 Å². The number of ether oxygens (including phenoxy) is 1. The third kappa shape index (κ3) is 3.83. The van der Waals surface area contributed by atoms with Gasteiger partial charge >= 0.3 is 6.09 Å². The molecule has 7 nitrogen and oxygen atoms in total. The molecular weight excluding hydrogens is 306 g/mol. The van der Waals surface area contributed by atoms with Crippen LogP contribution in [0.5, 0.6) is 0 Å². The average Bonchev–Trinajstić information content (AvgIpc) is 2.94. The van der Waals surface area contributed by atoms with E-state index in [2.05, 4.69) is 15.1 Å². The van der Waals surface area contributed by atoms with Gasteiger partial charge in [-0.05, 0) is 58.9 Å². The van der Waals surface area contributed by atoms with Crippen molar-refractivity contribution in [3.05, 3.63) is 23.8 Å². The fraction of sp³-hybridized carbons (Fsp3) is 0.647. The zero-order chi connectivity index (χ0) is 17.3. The molecule has 0 spiro atoms. The van der Waals surface area contributed by atoms with Crippen molar-refractivity contribution in [2.24, 2.45) is 5.92 Å². The second kappa shape index (κ2) is 6.37. The molecule has 0 aromatic carbocycles. The lowest BCUT2D eigenvalue weighted by Gasteiger charge is -2.34. The number of carbonyl (C=O) groups excluding carboxylic acids is 1. The summed E-state index contributed by atoms with van der Waals surface area (Å²) in [5, 5.41) is 4.27. The topological polar surface area (TPSA) is 72.6 Å². The Kier molecular flexibility index (Phi) is 4.43. The van der Waals surface area contributed by atoms with Crippen LogP contribution < -0.4 is 0 Å². The molecule has 24 heavy (non-hydrogen) atoms. The number of nitrogens with zero attached hydrogens (tertiary/aromatic N) is 5. The Bertz CT molecular complexity index is 734. The SMILES string of the molecule is Cc1cc(CC2CCCN(C(=O)OC(C)(C)C)C2)n2ncnc2n1. The van der Waals surface area contributed by atoms with Gasteiger partial charge in [-0.15, -0.1) is 0 Å². The highest BCUT2D eigenvalue weighted by molar-refractivity contribution is 5.68. The number of aryl methyl sites for hydroxylation is 1. The summed E-state index contributed by atoms with van der Waals surface area (Å²) in [5.41, 5.74) is 1.57. The fourth-order valence-corrected chi connectivity index (χ4v) is 3.17.